The number of aromatic hydroxyl groups is 1. The summed E-state index contributed by atoms with van der Waals surface area (Å²) < 4.78 is 5.01. The summed E-state index contributed by atoms with van der Waals surface area (Å²) in [4.78, 5) is 22.2. The molecule has 0 aromatic heterocycles. The van der Waals surface area contributed by atoms with E-state index in [0.29, 0.717) is 11.8 Å². The summed E-state index contributed by atoms with van der Waals surface area (Å²) in [6.07, 6.45) is -0.0767. The molecule has 0 fully saturated rings. The predicted molar refractivity (Wildman–Crippen MR) is 73.7 cm³/mol. The van der Waals surface area contributed by atoms with Crippen molar-refractivity contribution in [2.75, 3.05) is 5.32 Å². The Balaban J connectivity index is 1.96. The van der Waals surface area contributed by atoms with Crippen molar-refractivity contribution in [1.82, 2.24) is 0 Å². The van der Waals surface area contributed by atoms with Crippen LogP contribution in [0.3, 0.4) is 0 Å². The number of amides is 1. The molecule has 2 aromatic rings. The van der Waals surface area contributed by atoms with Crippen LogP contribution in [0.25, 0.3) is 0 Å². The number of hydrogen-bond donors (Lipinski definition) is 2. The summed E-state index contributed by atoms with van der Waals surface area (Å²) in [5, 5.41) is 12.0. The van der Waals surface area contributed by atoms with Gasteiger partial charge in [-0.1, -0.05) is 30.3 Å². The Morgan fingerprint density at radius 2 is 1.95 bits per heavy atom. The largest absolute Gasteiger partial charge is 0.506 e. The first-order chi connectivity index (χ1) is 9.69. The molecule has 102 valence electrons. The molecule has 0 aliphatic rings. The first kappa shape index (κ1) is 13.6. The van der Waals surface area contributed by atoms with Crippen LogP contribution in [-0.2, 0) is 11.3 Å². The molecule has 5 heteroatoms. The van der Waals surface area contributed by atoms with Gasteiger partial charge in [0.25, 0.3) is 0 Å². The maximum absolute atomic E-state index is 11.6. The van der Waals surface area contributed by atoms with Crippen molar-refractivity contribution in [2.45, 2.75) is 6.61 Å². The van der Waals surface area contributed by atoms with Crippen LogP contribution in [-0.4, -0.2) is 17.5 Å². The van der Waals surface area contributed by atoms with Gasteiger partial charge in [-0.3, -0.25) is 10.1 Å². The van der Waals surface area contributed by atoms with Gasteiger partial charge in [0.15, 0.2) is 0 Å². The number of rotatable bonds is 4. The van der Waals surface area contributed by atoms with E-state index in [0.717, 1.165) is 5.56 Å². The SMILES string of the molecule is O=Cc1ccc(O)c(NC(=O)OCc2ccccc2)c1. The average Bonchev–Trinajstić information content (AvgIpc) is 2.48. The van der Waals surface area contributed by atoms with Crippen molar-refractivity contribution in [2.24, 2.45) is 0 Å². The number of aldehydes is 1. The first-order valence-electron chi connectivity index (χ1n) is 5.95. The standard InChI is InChI=1S/C15H13NO4/c17-9-12-6-7-14(18)13(8-12)16-15(19)20-10-11-4-2-1-3-5-11/h1-9,18H,10H2,(H,16,19). The highest BCUT2D eigenvalue weighted by molar-refractivity contribution is 5.89. The van der Waals surface area contributed by atoms with Crippen molar-refractivity contribution in [3.63, 3.8) is 0 Å². The Bertz CT molecular complexity index is 611. The van der Waals surface area contributed by atoms with Gasteiger partial charge in [-0.2, -0.15) is 0 Å². The van der Waals surface area contributed by atoms with Crippen LogP contribution in [0.15, 0.2) is 48.5 Å². The van der Waals surface area contributed by atoms with Gasteiger partial charge < -0.3 is 9.84 Å². The second-order valence-electron chi connectivity index (χ2n) is 4.08. The third kappa shape index (κ3) is 3.58. The molecule has 1 amide bonds. The monoisotopic (exact) mass is 271 g/mol. The van der Waals surface area contributed by atoms with Gasteiger partial charge in [-0.05, 0) is 23.8 Å². The summed E-state index contributed by atoms with van der Waals surface area (Å²) in [5.41, 5.74) is 1.34. The molecule has 0 radical (unpaired) electrons. The van der Waals surface area contributed by atoms with Crippen molar-refractivity contribution >= 4 is 18.1 Å². The fourth-order valence-corrected chi connectivity index (χ4v) is 1.60. The molecule has 0 heterocycles. The normalized spacial score (nSPS) is 9.80. The predicted octanol–water partition coefficient (Wildman–Crippen LogP) is 2.95. The minimum Gasteiger partial charge on any atom is -0.506 e. The lowest BCUT2D eigenvalue weighted by atomic mass is 10.2. The molecular formula is C15H13NO4. The van der Waals surface area contributed by atoms with Gasteiger partial charge in [0, 0.05) is 5.56 Å². The Kier molecular flexibility index (Phi) is 4.34. The molecule has 0 aliphatic carbocycles. The van der Waals surface area contributed by atoms with Gasteiger partial charge >= 0.3 is 6.09 Å². The molecular weight excluding hydrogens is 258 g/mol. The Labute approximate surface area is 115 Å². The lowest BCUT2D eigenvalue weighted by molar-refractivity contribution is 0.112. The molecule has 0 aliphatic heterocycles. The number of phenolic OH excluding ortho intramolecular Hbond substituents is 1. The molecule has 0 saturated heterocycles. The summed E-state index contributed by atoms with van der Waals surface area (Å²) in [6, 6.07) is 13.4. The lowest BCUT2D eigenvalue weighted by Gasteiger charge is -2.09. The number of phenols is 1. The number of benzene rings is 2. The van der Waals surface area contributed by atoms with Crippen LogP contribution in [0.1, 0.15) is 15.9 Å². The van der Waals surface area contributed by atoms with E-state index in [4.69, 9.17) is 4.74 Å². The van der Waals surface area contributed by atoms with E-state index in [-0.39, 0.29) is 18.0 Å². The number of nitrogens with one attached hydrogen (secondary N) is 1. The smallest absolute Gasteiger partial charge is 0.412 e. The third-order valence-electron chi connectivity index (χ3n) is 2.61. The highest BCUT2D eigenvalue weighted by Crippen LogP contribution is 2.23. The van der Waals surface area contributed by atoms with Gasteiger partial charge in [-0.25, -0.2) is 4.79 Å². The maximum atomic E-state index is 11.6. The molecule has 5 nitrogen and oxygen atoms in total. The van der Waals surface area contributed by atoms with Crippen LogP contribution in [0.5, 0.6) is 5.75 Å². The fourth-order valence-electron chi connectivity index (χ4n) is 1.60. The van der Waals surface area contributed by atoms with E-state index in [9.17, 15) is 14.7 Å². The molecule has 2 rings (SSSR count). The zero-order valence-electron chi connectivity index (χ0n) is 10.6. The van der Waals surface area contributed by atoms with Crippen LogP contribution < -0.4 is 5.32 Å². The quantitative estimate of drug-likeness (QED) is 0.662. The Morgan fingerprint density at radius 1 is 1.20 bits per heavy atom. The summed E-state index contributed by atoms with van der Waals surface area (Å²) in [7, 11) is 0. The molecule has 0 spiro atoms. The first-order valence-corrected chi connectivity index (χ1v) is 5.95. The fraction of sp³-hybridized carbons (Fsp3) is 0.0667. The Hall–Kier alpha value is -2.82. The summed E-state index contributed by atoms with van der Waals surface area (Å²) in [6.45, 7) is 0.126. The zero-order chi connectivity index (χ0) is 14.4. The highest BCUT2D eigenvalue weighted by Gasteiger charge is 2.08. The average molecular weight is 271 g/mol. The zero-order valence-corrected chi connectivity index (χ0v) is 10.6. The minimum atomic E-state index is -0.702. The number of ether oxygens (including phenoxy) is 1. The topological polar surface area (TPSA) is 75.6 Å². The van der Waals surface area contributed by atoms with Crippen molar-refractivity contribution in [3.8, 4) is 5.75 Å². The lowest BCUT2D eigenvalue weighted by Crippen LogP contribution is -2.13. The van der Waals surface area contributed by atoms with Crippen molar-refractivity contribution in [3.05, 3.63) is 59.7 Å². The number of anilines is 1. The number of carbonyl (C=O) groups is 2. The van der Waals surface area contributed by atoms with E-state index in [2.05, 4.69) is 5.32 Å². The third-order valence-corrected chi connectivity index (χ3v) is 2.61. The molecule has 2 N–H and O–H groups in total. The van der Waals surface area contributed by atoms with Crippen molar-refractivity contribution < 1.29 is 19.4 Å². The van der Waals surface area contributed by atoms with E-state index >= 15 is 0 Å². The van der Waals surface area contributed by atoms with Gasteiger partial charge in [0.2, 0.25) is 0 Å². The van der Waals surface area contributed by atoms with E-state index in [1.54, 1.807) is 0 Å². The minimum absolute atomic E-state index is 0.126. The molecule has 2 aromatic carbocycles. The van der Waals surface area contributed by atoms with Crippen LogP contribution in [0.2, 0.25) is 0 Å². The van der Waals surface area contributed by atoms with E-state index < -0.39 is 6.09 Å². The van der Waals surface area contributed by atoms with Gasteiger partial charge in [0.05, 0.1) is 5.69 Å². The van der Waals surface area contributed by atoms with Crippen LogP contribution >= 0.6 is 0 Å². The van der Waals surface area contributed by atoms with Gasteiger partial charge in [0.1, 0.15) is 18.6 Å². The van der Waals surface area contributed by atoms with E-state index in [1.807, 2.05) is 30.3 Å². The number of hydrogen-bond acceptors (Lipinski definition) is 4. The van der Waals surface area contributed by atoms with Crippen LogP contribution in [0.4, 0.5) is 10.5 Å². The van der Waals surface area contributed by atoms with Crippen LogP contribution in [0, 0.1) is 0 Å². The second kappa shape index (κ2) is 6.38. The number of carbonyl (C=O) groups excluding carboxylic acids is 2. The highest BCUT2D eigenvalue weighted by atomic mass is 16.5. The van der Waals surface area contributed by atoms with Crippen molar-refractivity contribution in [1.29, 1.82) is 0 Å². The molecule has 0 bridgehead atoms. The molecule has 0 atom stereocenters. The Morgan fingerprint density at radius 3 is 2.65 bits per heavy atom. The molecule has 0 saturated carbocycles. The van der Waals surface area contributed by atoms with E-state index in [1.165, 1.54) is 18.2 Å². The second-order valence-corrected chi connectivity index (χ2v) is 4.08. The summed E-state index contributed by atoms with van der Waals surface area (Å²) >= 11 is 0. The molecule has 20 heavy (non-hydrogen) atoms. The summed E-state index contributed by atoms with van der Waals surface area (Å²) in [5.74, 6) is -0.132. The maximum Gasteiger partial charge on any atom is 0.412 e. The van der Waals surface area contributed by atoms with Gasteiger partial charge in [-0.15, -0.1) is 0 Å². The molecule has 0 unspecified atom stereocenters.